The molecular weight excluding hydrogens is 262 g/mol. The molecule has 1 aliphatic rings. The van der Waals surface area contributed by atoms with Gasteiger partial charge in [-0.15, -0.1) is 0 Å². The summed E-state index contributed by atoms with van der Waals surface area (Å²) in [5, 5.41) is 12.0. The van der Waals surface area contributed by atoms with Crippen molar-refractivity contribution >= 4 is 5.71 Å². The maximum absolute atomic E-state index is 8.70. The van der Waals surface area contributed by atoms with Crippen LogP contribution in [-0.4, -0.2) is 23.6 Å². The van der Waals surface area contributed by atoms with Crippen molar-refractivity contribution in [3.63, 3.8) is 0 Å². The molecule has 0 saturated heterocycles. The van der Waals surface area contributed by atoms with Gasteiger partial charge in [-0.2, -0.15) is 0 Å². The molecule has 0 aromatic carbocycles. The van der Waals surface area contributed by atoms with Crippen molar-refractivity contribution in [1.82, 2.24) is 0 Å². The summed E-state index contributed by atoms with van der Waals surface area (Å²) in [6, 6.07) is 0. The molecule has 1 aliphatic carbocycles. The number of nitrogens with zero attached hydrogens (tertiary/aromatic N) is 1. The Bertz CT molecular complexity index is 256. The molecular formula is C18H35NO2. The first-order chi connectivity index (χ1) is 10.4. The average molecular weight is 297 g/mol. The minimum atomic E-state index is 0.397. The van der Waals surface area contributed by atoms with Crippen LogP contribution in [0.15, 0.2) is 5.16 Å². The lowest BCUT2D eigenvalue weighted by Crippen LogP contribution is -2.22. The maximum Gasteiger partial charge on any atom is 0.0582 e. The van der Waals surface area contributed by atoms with Gasteiger partial charge in [0.1, 0.15) is 0 Å². The van der Waals surface area contributed by atoms with Crippen molar-refractivity contribution in [3.8, 4) is 0 Å². The molecule has 0 aromatic rings. The van der Waals surface area contributed by atoms with Gasteiger partial charge in [-0.05, 0) is 32.1 Å². The number of oxime groups is 1. The number of unbranched alkanes of at least 4 members (excludes halogenated alkanes) is 9. The third kappa shape index (κ3) is 9.89. The standard InChI is InChI=1S/C18H35NO2/c1-2-3-4-5-6-7-8-9-10-11-16-21-18-14-12-17(19-20)13-15-18/h18,20H,2-16H2,1H3. The Hall–Kier alpha value is -0.570. The molecule has 0 spiro atoms. The van der Waals surface area contributed by atoms with Gasteiger partial charge in [-0.1, -0.05) is 69.9 Å². The van der Waals surface area contributed by atoms with Crippen LogP contribution in [0.2, 0.25) is 0 Å². The van der Waals surface area contributed by atoms with E-state index in [0.29, 0.717) is 6.10 Å². The van der Waals surface area contributed by atoms with E-state index in [4.69, 9.17) is 9.94 Å². The van der Waals surface area contributed by atoms with Gasteiger partial charge >= 0.3 is 0 Å². The highest BCUT2D eigenvalue weighted by Crippen LogP contribution is 2.19. The van der Waals surface area contributed by atoms with E-state index in [1.54, 1.807) is 0 Å². The van der Waals surface area contributed by atoms with Crippen molar-refractivity contribution in [2.24, 2.45) is 5.16 Å². The number of ether oxygens (including phenoxy) is 1. The van der Waals surface area contributed by atoms with Crippen molar-refractivity contribution in [2.75, 3.05) is 6.61 Å². The molecule has 0 aromatic heterocycles. The van der Waals surface area contributed by atoms with Crippen LogP contribution in [0.1, 0.15) is 96.8 Å². The Balaban J connectivity index is 1.79. The zero-order chi connectivity index (χ0) is 15.2. The molecule has 0 aliphatic heterocycles. The van der Waals surface area contributed by atoms with Gasteiger partial charge in [0.2, 0.25) is 0 Å². The molecule has 124 valence electrons. The first-order valence-electron chi connectivity index (χ1n) is 9.18. The Morgan fingerprint density at radius 2 is 1.43 bits per heavy atom. The second kappa shape index (κ2) is 13.1. The van der Waals surface area contributed by atoms with E-state index in [1.165, 1.54) is 64.2 Å². The lowest BCUT2D eigenvalue weighted by atomic mass is 9.96. The summed E-state index contributed by atoms with van der Waals surface area (Å²) in [5.41, 5.74) is 0.939. The zero-order valence-electron chi connectivity index (χ0n) is 14.0. The molecule has 1 N–H and O–H groups in total. The minimum absolute atomic E-state index is 0.397. The molecule has 3 nitrogen and oxygen atoms in total. The van der Waals surface area contributed by atoms with Crippen LogP contribution in [0.5, 0.6) is 0 Å². The summed E-state index contributed by atoms with van der Waals surface area (Å²) in [6.07, 6.45) is 18.0. The number of hydrogen-bond donors (Lipinski definition) is 1. The summed E-state index contributed by atoms with van der Waals surface area (Å²) < 4.78 is 5.91. The highest BCUT2D eigenvalue weighted by molar-refractivity contribution is 5.84. The van der Waals surface area contributed by atoms with Crippen molar-refractivity contribution in [3.05, 3.63) is 0 Å². The molecule has 0 atom stereocenters. The van der Waals surface area contributed by atoms with E-state index in [9.17, 15) is 0 Å². The highest BCUT2D eigenvalue weighted by atomic mass is 16.5. The summed E-state index contributed by atoms with van der Waals surface area (Å²) in [4.78, 5) is 0. The SMILES string of the molecule is CCCCCCCCCCCCOC1CCC(=NO)CC1. The average Bonchev–Trinajstić information content (AvgIpc) is 2.53. The zero-order valence-corrected chi connectivity index (χ0v) is 14.0. The van der Waals surface area contributed by atoms with E-state index in [2.05, 4.69) is 12.1 Å². The second-order valence-corrected chi connectivity index (χ2v) is 6.42. The van der Waals surface area contributed by atoms with Crippen molar-refractivity contribution in [1.29, 1.82) is 0 Å². The van der Waals surface area contributed by atoms with Crippen molar-refractivity contribution < 1.29 is 9.94 Å². The molecule has 3 heteroatoms. The third-order valence-corrected chi connectivity index (χ3v) is 4.50. The van der Waals surface area contributed by atoms with Crippen LogP contribution in [0.4, 0.5) is 0 Å². The fraction of sp³-hybridized carbons (Fsp3) is 0.944. The molecule has 0 heterocycles. The Morgan fingerprint density at radius 1 is 0.905 bits per heavy atom. The van der Waals surface area contributed by atoms with Gasteiger partial charge < -0.3 is 9.94 Å². The molecule has 0 bridgehead atoms. The fourth-order valence-corrected chi connectivity index (χ4v) is 3.03. The largest absolute Gasteiger partial charge is 0.411 e. The smallest absolute Gasteiger partial charge is 0.0582 e. The van der Waals surface area contributed by atoms with Gasteiger partial charge in [0.25, 0.3) is 0 Å². The predicted molar refractivity (Wildman–Crippen MR) is 89.3 cm³/mol. The quantitative estimate of drug-likeness (QED) is 0.285. The molecule has 1 rings (SSSR count). The number of hydrogen-bond acceptors (Lipinski definition) is 3. The lowest BCUT2D eigenvalue weighted by molar-refractivity contribution is 0.0374. The van der Waals surface area contributed by atoms with Crippen LogP contribution < -0.4 is 0 Å². The molecule has 0 amide bonds. The van der Waals surface area contributed by atoms with E-state index in [0.717, 1.165) is 38.0 Å². The van der Waals surface area contributed by atoms with E-state index < -0.39 is 0 Å². The van der Waals surface area contributed by atoms with E-state index >= 15 is 0 Å². The molecule has 1 saturated carbocycles. The molecule has 21 heavy (non-hydrogen) atoms. The summed E-state index contributed by atoms with van der Waals surface area (Å²) in [5.74, 6) is 0. The number of rotatable bonds is 12. The topological polar surface area (TPSA) is 41.8 Å². The first-order valence-corrected chi connectivity index (χ1v) is 9.18. The molecule has 0 radical (unpaired) electrons. The maximum atomic E-state index is 8.70. The normalized spacial score (nSPS) is 18.9. The van der Waals surface area contributed by atoms with Gasteiger partial charge in [-0.25, -0.2) is 0 Å². The van der Waals surface area contributed by atoms with E-state index in [-0.39, 0.29) is 0 Å². The predicted octanol–water partition coefficient (Wildman–Crippen LogP) is 5.70. The van der Waals surface area contributed by atoms with Gasteiger partial charge in [0.15, 0.2) is 0 Å². The van der Waals surface area contributed by atoms with Crippen LogP contribution in [0.25, 0.3) is 0 Å². The van der Waals surface area contributed by atoms with Crippen molar-refractivity contribution in [2.45, 2.75) is 103 Å². The molecule has 0 unspecified atom stereocenters. The van der Waals surface area contributed by atoms with Crippen LogP contribution in [-0.2, 0) is 4.74 Å². The summed E-state index contributed by atoms with van der Waals surface area (Å²) in [7, 11) is 0. The van der Waals surface area contributed by atoms with Gasteiger partial charge in [0, 0.05) is 6.61 Å². The summed E-state index contributed by atoms with van der Waals surface area (Å²) >= 11 is 0. The molecule has 1 fully saturated rings. The minimum Gasteiger partial charge on any atom is -0.411 e. The Labute approximate surface area is 131 Å². The second-order valence-electron chi connectivity index (χ2n) is 6.42. The van der Waals surface area contributed by atoms with Crippen LogP contribution in [0, 0.1) is 0 Å². The van der Waals surface area contributed by atoms with Gasteiger partial charge in [-0.3, -0.25) is 0 Å². The monoisotopic (exact) mass is 297 g/mol. The Kier molecular flexibility index (Phi) is 11.5. The van der Waals surface area contributed by atoms with E-state index in [1.807, 2.05) is 0 Å². The third-order valence-electron chi connectivity index (χ3n) is 4.50. The summed E-state index contributed by atoms with van der Waals surface area (Å²) in [6.45, 7) is 3.18. The first kappa shape index (κ1) is 18.5. The fourth-order valence-electron chi connectivity index (χ4n) is 3.03. The van der Waals surface area contributed by atoms with Gasteiger partial charge in [0.05, 0.1) is 11.8 Å². The lowest BCUT2D eigenvalue weighted by Gasteiger charge is -2.22. The van der Waals surface area contributed by atoms with Crippen LogP contribution in [0.3, 0.4) is 0 Å². The highest BCUT2D eigenvalue weighted by Gasteiger charge is 2.17. The Morgan fingerprint density at radius 3 is 1.95 bits per heavy atom. The van der Waals surface area contributed by atoms with Crippen LogP contribution >= 0.6 is 0 Å².